The molecule has 0 saturated carbocycles. The molecule has 2 aromatic rings. The molecule has 0 atom stereocenters. The van der Waals surface area contributed by atoms with Crippen LogP contribution in [-0.2, 0) is 0 Å². The van der Waals surface area contributed by atoms with Crippen molar-refractivity contribution in [1.29, 1.82) is 0 Å². The molecule has 1 aliphatic heterocycles. The van der Waals surface area contributed by atoms with Crippen LogP contribution in [-0.4, -0.2) is 11.8 Å². The zero-order valence-corrected chi connectivity index (χ0v) is 6.26. The molecule has 0 unspecified atom stereocenters. The number of benzene rings is 1. The van der Waals surface area contributed by atoms with E-state index in [0.29, 0.717) is 6.79 Å². The van der Waals surface area contributed by atoms with Crippen LogP contribution in [0, 0.1) is 6.20 Å². The van der Waals surface area contributed by atoms with E-state index in [1.165, 1.54) is 0 Å². The Morgan fingerprint density at radius 1 is 1.33 bits per heavy atom. The van der Waals surface area contributed by atoms with Crippen molar-refractivity contribution in [3.8, 4) is 11.5 Å². The third kappa shape index (κ3) is 0.605. The van der Waals surface area contributed by atoms with E-state index in [2.05, 4.69) is 11.2 Å². The van der Waals surface area contributed by atoms with Gasteiger partial charge < -0.3 is 14.5 Å². The Kier molecular flexibility index (Phi) is 0.961. The van der Waals surface area contributed by atoms with Gasteiger partial charge in [-0.15, -0.1) is 0 Å². The van der Waals surface area contributed by atoms with Crippen LogP contribution in [0.15, 0.2) is 18.2 Å². The van der Waals surface area contributed by atoms with Gasteiger partial charge in [0.2, 0.25) is 6.79 Å². The standard InChI is InChI=1S/C9H6NO2/c1-2-7-9(12-5-11-7)8-6(1)3-4-10-8/h1-3,10H,5H2. The zero-order valence-electron chi connectivity index (χ0n) is 6.26. The number of aromatic nitrogens is 1. The first kappa shape index (κ1) is 5.94. The number of aromatic amines is 1. The van der Waals surface area contributed by atoms with Crippen LogP contribution in [0.1, 0.15) is 0 Å². The van der Waals surface area contributed by atoms with Crippen LogP contribution < -0.4 is 9.47 Å². The third-order valence-electron chi connectivity index (χ3n) is 2.00. The van der Waals surface area contributed by atoms with E-state index >= 15 is 0 Å². The van der Waals surface area contributed by atoms with Crippen LogP contribution in [0.2, 0.25) is 0 Å². The predicted octanol–water partition coefficient (Wildman–Crippen LogP) is 1.70. The molecular weight excluding hydrogens is 154 g/mol. The quantitative estimate of drug-likeness (QED) is 0.636. The van der Waals surface area contributed by atoms with Crippen molar-refractivity contribution in [1.82, 2.24) is 4.98 Å². The maximum absolute atomic E-state index is 5.30. The lowest BCUT2D eigenvalue weighted by molar-refractivity contribution is 0.174. The molecule has 12 heavy (non-hydrogen) atoms. The van der Waals surface area contributed by atoms with E-state index in [-0.39, 0.29) is 0 Å². The second-order valence-electron chi connectivity index (χ2n) is 2.68. The molecule has 1 N–H and O–H groups in total. The first-order chi connectivity index (χ1) is 5.95. The molecule has 0 spiro atoms. The molecular formula is C9H6NO2. The van der Waals surface area contributed by atoms with Gasteiger partial charge in [0.1, 0.15) is 0 Å². The fourth-order valence-corrected chi connectivity index (χ4v) is 1.42. The topological polar surface area (TPSA) is 34.2 Å². The van der Waals surface area contributed by atoms with Gasteiger partial charge in [-0.25, -0.2) is 0 Å². The molecule has 3 nitrogen and oxygen atoms in total. The van der Waals surface area contributed by atoms with E-state index in [9.17, 15) is 0 Å². The SMILES string of the molecule is [c]1cc2ccc3c(c2[nH]1)OCO3. The highest BCUT2D eigenvalue weighted by atomic mass is 16.7. The highest BCUT2D eigenvalue weighted by molar-refractivity contribution is 5.87. The fraction of sp³-hybridized carbons (Fsp3) is 0.111. The van der Waals surface area contributed by atoms with Gasteiger partial charge in [0.05, 0.1) is 11.7 Å². The monoisotopic (exact) mass is 160 g/mol. The van der Waals surface area contributed by atoms with Gasteiger partial charge in [-0.2, -0.15) is 0 Å². The third-order valence-corrected chi connectivity index (χ3v) is 2.00. The van der Waals surface area contributed by atoms with Gasteiger partial charge >= 0.3 is 0 Å². The van der Waals surface area contributed by atoms with Crippen molar-refractivity contribution in [2.24, 2.45) is 0 Å². The first-order valence-electron chi connectivity index (χ1n) is 3.72. The van der Waals surface area contributed by atoms with Gasteiger partial charge in [0, 0.05) is 5.39 Å². The lowest BCUT2D eigenvalue weighted by Crippen LogP contribution is -1.93. The van der Waals surface area contributed by atoms with Gasteiger partial charge in [-0.05, 0) is 18.2 Å². The molecule has 1 aromatic heterocycles. The number of rotatable bonds is 0. The molecule has 1 radical (unpaired) electrons. The predicted molar refractivity (Wildman–Crippen MR) is 43.3 cm³/mol. The average molecular weight is 160 g/mol. The smallest absolute Gasteiger partial charge is 0.231 e. The van der Waals surface area contributed by atoms with E-state index in [1.807, 2.05) is 18.2 Å². The molecule has 2 heterocycles. The molecule has 0 amide bonds. The number of hydrogen-bond donors (Lipinski definition) is 1. The minimum absolute atomic E-state index is 0.313. The summed E-state index contributed by atoms with van der Waals surface area (Å²) in [7, 11) is 0. The number of H-pyrrole nitrogens is 1. The van der Waals surface area contributed by atoms with Gasteiger partial charge in [0.15, 0.2) is 11.5 Å². The van der Waals surface area contributed by atoms with Crippen LogP contribution in [0.3, 0.4) is 0 Å². The molecule has 3 heteroatoms. The van der Waals surface area contributed by atoms with Gasteiger partial charge in [0.25, 0.3) is 0 Å². The Morgan fingerprint density at radius 2 is 2.33 bits per heavy atom. The van der Waals surface area contributed by atoms with E-state index in [1.54, 1.807) is 0 Å². The molecule has 1 aromatic carbocycles. The lowest BCUT2D eigenvalue weighted by Gasteiger charge is -1.95. The molecule has 1 aliphatic rings. The van der Waals surface area contributed by atoms with Crippen molar-refractivity contribution in [3.05, 3.63) is 24.4 Å². The summed E-state index contributed by atoms with van der Waals surface area (Å²) in [5.41, 5.74) is 0.963. The van der Waals surface area contributed by atoms with Crippen molar-refractivity contribution >= 4 is 10.9 Å². The van der Waals surface area contributed by atoms with E-state index in [4.69, 9.17) is 9.47 Å². The summed E-state index contributed by atoms with van der Waals surface area (Å²) >= 11 is 0. The summed E-state index contributed by atoms with van der Waals surface area (Å²) < 4.78 is 10.5. The first-order valence-corrected chi connectivity index (χ1v) is 3.72. The van der Waals surface area contributed by atoms with Crippen LogP contribution in [0.5, 0.6) is 11.5 Å². The van der Waals surface area contributed by atoms with Crippen LogP contribution in [0.25, 0.3) is 10.9 Å². The summed E-state index contributed by atoms with van der Waals surface area (Å²) in [6.07, 6.45) is 2.91. The van der Waals surface area contributed by atoms with Gasteiger partial charge in [-0.1, -0.05) is 0 Å². The van der Waals surface area contributed by atoms with E-state index in [0.717, 1.165) is 22.4 Å². The van der Waals surface area contributed by atoms with Crippen molar-refractivity contribution < 1.29 is 9.47 Å². The number of ether oxygens (including phenoxy) is 2. The number of nitrogens with one attached hydrogen (secondary N) is 1. The Hall–Kier alpha value is -1.64. The van der Waals surface area contributed by atoms with Crippen LogP contribution in [0.4, 0.5) is 0 Å². The zero-order chi connectivity index (χ0) is 7.97. The maximum atomic E-state index is 5.30. The second-order valence-corrected chi connectivity index (χ2v) is 2.68. The maximum Gasteiger partial charge on any atom is 0.231 e. The molecule has 0 saturated heterocycles. The lowest BCUT2D eigenvalue weighted by atomic mass is 10.2. The van der Waals surface area contributed by atoms with Crippen molar-refractivity contribution in [2.75, 3.05) is 6.79 Å². The second kappa shape index (κ2) is 1.94. The summed E-state index contributed by atoms with van der Waals surface area (Å²) in [6, 6.07) is 5.78. The highest BCUT2D eigenvalue weighted by Gasteiger charge is 2.16. The Morgan fingerprint density at radius 3 is 3.33 bits per heavy atom. The summed E-state index contributed by atoms with van der Waals surface area (Å²) in [5, 5.41) is 1.10. The minimum Gasteiger partial charge on any atom is -0.454 e. The summed E-state index contributed by atoms with van der Waals surface area (Å²) in [5.74, 6) is 1.60. The average Bonchev–Trinajstić information content (AvgIpc) is 2.71. The van der Waals surface area contributed by atoms with Gasteiger partial charge in [-0.3, -0.25) is 0 Å². The van der Waals surface area contributed by atoms with Crippen LogP contribution >= 0.6 is 0 Å². The number of fused-ring (bicyclic) bond motifs is 3. The molecule has 0 fully saturated rings. The minimum atomic E-state index is 0.313. The van der Waals surface area contributed by atoms with E-state index < -0.39 is 0 Å². The Balaban J connectivity index is 2.46. The highest BCUT2D eigenvalue weighted by Crippen LogP contribution is 2.37. The molecule has 0 bridgehead atoms. The largest absolute Gasteiger partial charge is 0.454 e. The number of hydrogen-bond acceptors (Lipinski definition) is 2. The summed E-state index contributed by atoms with van der Waals surface area (Å²) in [6.45, 7) is 0.313. The fourth-order valence-electron chi connectivity index (χ4n) is 1.42. The molecule has 3 rings (SSSR count). The summed E-state index contributed by atoms with van der Waals surface area (Å²) in [4.78, 5) is 2.99. The molecule has 59 valence electrons. The Bertz CT molecular complexity index is 433. The Labute approximate surface area is 68.9 Å². The van der Waals surface area contributed by atoms with Crippen molar-refractivity contribution in [2.45, 2.75) is 0 Å². The molecule has 0 aliphatic carbocycles. The normalized spacial score (nSPS) is 14.0. The van der Waals surface area contributed by atoms with Crippen molar-refractivity contribution in [3.63, 3.8) is 0 Å².